The minimum absolute atomic E-state index is 0.00778. The largest absolute Gasteiger partial charge is 0.492 e. The van der Waals surface area contributed by atoms with E-state index in [2.05, 4.69) is 17.4 Å². The van der Waals surface area contributed by atoms with Crippen LogP contribution in [0.2, 0.25) is 5.02 Å². The van der Waals surface area contributed by atoms with Crippen LogP contribution < -0.4 is 10.1 Å². The number of amides is 1. The fourth-order valence-electron chi connectivity index (χ4n) is 2.12. The van der Waals surface area contributed by atoms with Gasteiger partial charge in [0.05, 0.1) is 13.0 Å². The molecule has 2 aromatic rings. The van der Waals surface area contributed by atoms with E-state index in [0.717, 1.165) is 16.9 Å². The summed E-state index contributed by atoms with van der Waals surface area (Å²) in [5.41, 5.74) is 3.37. The lowest BCUT2D eigenvalue weighted by Gasteiger charge is -2.09. The summed E-state index contributed by atoms with van der Waals surface area (Å²) >= 11 is 5.80. The van der Waals surface area contributed by atoms with Crippen molar-refractivity contribution in [2.24, 2.45) is 0 Å². The van der Waals surface area contributed by atoms with Crippen LogP contribution in [-0.4, -0.2) is 19.1 Å². The van der Waals surface area contributed by atoms with E-state index < -0.39 is 0 Å². The van der Waals surface area contributed by atoms with Crippen molar-refractivity contribution in [3.8, 4) is 5.75 Å². The second-order valence-electron chi connectivity index (χ2n) is 5.26. The second kappa shape index (κ2) is 7.85. The highest BCUT2D eigenvalue weighted by atomic mass is 35.5. The molecule has 22 heavy (non-hydrogen) atoms. The SMILES string of the molecule is Cc1ccc(C)c(CC(=O)NCCOc2ccc(Cl)cc2)c1. The van der Waals surface area contributed by atoms with Crippen LogP contribution in [-0.2, 0) is 11.2 Å². The first-order valence-electron chi connectivity index (χ1n) is 7.26. The molecule has 4 heteroatoms. The second-order valence-corrected chi connectivity index (χ2v) is 5.70. The summed E-state index contributed by atoms with van der Waals surface area (Å²) in [5.74, 6) is 0.751. The highest BCUT2D eigenvalue weighted by molar-refractivity contribution is 6.30. The zero-order chi connectivity index (χ0) is 15.9. The van der Waals surface area contributed by atoms with E-state index in [9.17, 15) is 4.79 Å². The molecule has 1 N–H and O–H groups in total. The Balaban J connectivity index is 1.74. The fraction of sp³-hybridized carbons (Fsp3) is 0.278. The van der Waals surface area contributed by atoms with Crippen LogP contribution in [0.1, 0.15) is 16.7 Å². The lowest BCUT2D eigenvalue weighted by molar-refractivity contribution is -0.120. The average molecular weight is 318 g/mol. The normalized spacial score (nSPS) is 10.3. The van der Waals surface area contributed by atoms with E-state index in [1.165, 1.54) is 5.56 Å². The molecule has 0 atom stereocenters. The molecule has 2 aromatic carbocycles. The fourth-order valence-corrected chi connectivity index (χ4v) is 2.24. The molecule has 0 fully saturated rings. The third-order valence-electron chi connectivity index (χ3n) is 3.36. The van der Waals surface area contributed by atoms with Crippen molar-refractivity contribution >= 4 is 17.5 Å². The van der Waals surface area contributed by atoms with Crippen LogP contribution >= 0.6 is 11.6 Å². The molecule has 0 aliphatic heterocycles. The van der Waals surface area contributed by atoms with Gasteiger partial charge in [-0.05, 0) is 49.2 Å². The van der Waals surface area contributed by atoms with E-state index in [1.807, 2.05) is 19.9 Å². The Morgan fingerprint density at radius 2 is 1.86 bits per heavy atom. The van der Waals surface area contributed by atoms with Gasteiger partial charge in [-0.25, -0.2) is 0 Å². The van der Waals surface area contributed by atoms with Crippen molar-refractivity contribution in [3.63, 3.8) is 0 Å². The minimum Gasteiger partial charge on any atom is -0.492 e. The van der Waals surface area contributed by atoms with Crippen LogP contribution in [0, 0.1) is 13.8 Å². The minimum atomic E-state index is 0.00778. The Kier molecular flexibility index (Phi) is 5.84. The molecule has 0 heterocycles. The third-order valence-corrected chi connectivity index (χ3v) is 3.61. The molecule has 0 aliphatic rings. The van der Waals surface area contributed by atoms with E-state index in [0.29, 0.717) is 24.6 Å². The van der Waals surface area contributed by atoms with Crippen molar-refractivity contribution in [1.82, 2.24) is 5.32 Å². The van der Waals surface area contributed by atoms with Gasteiger partial charge in [0.1, 0.15) is 12.4 Å². The number of hydrogen-bond acceptors (Lipinski definition) is 2. The molecular weight excluding hydrogens is 298 g/mol. The number of hydrogen-bond donors (Lipinski definition) is 1. The van der Waals surface area contributed by atoms with Gasteiger partial charge in [0, 0.05) is 5.02 Å². The lowest BCUT2D eigenvalue weighted by Crippen LogP contribution is -2.29. The molecule has 116 valence electrons. The maximum absolute atomic E-state index is 11.9. The van der Waals surface area contributed by atoms with E-state index in [1.54, 1.807) is 24.3 Å². The van der Waals surface area contributed by atoms with E-state index >= 15 is 0 Å². The zero-order valence-electron chi connectivity index (χ0n) is 12.9. The molecule has 0 unspecified atom stereocenters. The number of halogens is 1. The average Bonchev–Trinajstić information content (AvgIpc) is 2.49. The van der Waals surface area contributed by atoms with Crippen LogP contribution in [0.4, 0.5) is 0 Å². The predicted molar refractivity (Wildman–Crippen MR) is 89.6 cm³/mol. The van der Waals surface area contributed by atoms with Crippen molar-refractivity contribution in [3.05, 3.63) is 64.2 Å². The van der Waals surface area contributed by atoms with Gasteiger partial charge in [0.25, 0.3) is 0 Å². The summed E-state index contributed by atoms with van der Waals surface area (Å²) in [6.07, 6.45) is 0.397. The molecule has 0 bridgehead atoms. The van der Waals surface area contributed by atoms with Gasteiger partial charge in [0.15, 0.2) is 0 Å². The standard InChI is InChI=1S/C18H20ClNO2/c1-13-3-4-14(2)15(11-13)12-18(21)20-9-10-22-17-7-5-16(19)6-8-17/h3-8,11H,9-10,12H2,1-2H3,(H,20,21). The summed E-state index contributed by atoms with van der Waals surface area (Å²) < 4.78 is 5.53. The quantitative estimate of drug-likeness (QED) is 0.825. The molecule has 0 aromatic heterocycles. The molecule has 0 aliphatic carbocycles. The van der Waals surface area contributed by atoms with Crippen molar-refractivity contribution < 1.29 is 9.53 Å². The summed E-state index contributed by atoms with van der Waals surface area (Å²) in [6, 6.07) is 13.3. The number of aryl methyl sites for hydroxylation is 2. The Hall–Kier alpha value is -2.00. The molecule has 0 saturated carbocycles. The number of carbonyl (C=O) groups excluding carboxylic acids is 1. The molecule has 2 rings (SSSR count). The number of carbonyl (C=O) groups is 1. The molecule has 3 nitrogen and oxygen atoms in total. The first kappa shape index (κ1) is 16.4. The van der Waals surface area contributed by atoms with Crippen molar-refractivity contribution in [2.45, 2.75) is 20.3 Å². The van der Waals surface area contributed by atoms with Gasteiger partial charge in [-0.2, -0.15) is 0 Å². The van der Waals surface area contributed by atoms with E-state index in [4.69, 9.17) is 16.3 Å². The molecule has 0 saturated heterocycles. The number of benzene rings is 2. The van der Waals surface area contributed by atoms with Gasteiger partial charge < -0.3 is 10.1 Å². The topological polar surface area (TPSA) is 38.3 Å². The van der Waals surface area contributed by atoms with Crippen molar-refractivity contribution in [1.29, 1.82) is 0 Å². The summed E-state index contributed by atoms with van der Waals surface area (Å²) in [7, 11) is 0. The molecule has 0 radical (unpaired) electrons. The Morgan fingerprint density at radius 3 is 2.59 bits per heavy atom. The maximum Gasteiger partial charge on any atom is 0.224 e. The smallest absolute Gasteiger partial charge is 0.224 e. The lowest BCUT2D eigenvalue weighted by atomic mass is 10.0. The van der Waals surface area contributed by atoms with Gasteiger partial charge in [0.2, 0.25) is 5.91 Å². The number of ether oxygens (including phenoxy) is 1. The van der Waals surface area contributed by atoms with Crippen LogP contribution in [0.25, 0.3) is 0 Å². The van der Waals surface area contributed by atoms with E-state index in [-0.39, 0.29) is 5.91 Å². The molecular formula is C18H20ClNO2. The highest BCUT2D eigenvalue weighted by Crippen LogP contribution is 2.15. The molecule has 0 spiro atoms. The van der Waals surface area contributed by atoms with Gasteiger partial charge >= 0.3 is 0 Å². The van der Waals surface area contributed by atoms with Crippen LogP contribution in [0.3, 0.4) is 0 Å². The Bertz CT molecular complexity index is 638. The summed E-state index contributed by atoms with van der Waals surface area (Å²) in [5, 5.41) is 3.54. The van der Waals surface area contributed by atoms with Gasteiger partial charge in [-0.1, -0.05) is 35.4 Å². The van der Waals surface area contributed by atoms with Crippen molar-refractivity contribution in [2.75, 3.05) is 13.2 Å². The molecule has 1 amide bonds. The summed E-state index contributed by atoms with van der Waals surface area (Å²) in [6.45, 7) is 4.96. The monoisotopic (exact) mass is 317 g/mol. The Morgan fingerprint density at radius 1 is 1.14 bits per heavy atom. The highest BCUT2D eigenvalue weighted by Gasteiger charge is 2.06. The summed E-state index contributed by atoms with van der Waals surface area (Å²) in [4.78, 5) is 11.9. The Labute approximate surface area is 136 Å². The van der Waals surface area contributed by atoms with Gasteiger partial charge in [-0.3, -0.25) is 4.79 Å². The number of nitrogens with one attached hydrogen (secondary N) is 1. The maximum atomic E-state index is 11.9. The zero-order valence-corrected chi connectivity index (χ0v) is 13.6. The predicted octanol–water partition coefficient (Wildman–Crippen LogP) is 3.69. The first-order valence-corrected chi connectivity index (χ1v) is 7.63. The third kappa shape index (κ3) is 5.08. The van der Waals surface area contributed by atoms with Crippen LogP contribution in [0.15, 0.2) is 42.5 Å². The van der Waals surface area contributed by atoms with Gasteiger partial charge in [-0.15, -0.1) is 0 Å². The first-order chi connectivity index (χ1) is 10.5. The van der Waals surface area contributed by atoms with Crippen LogP contribution in [0.5, 0.6) is 5.75 Å². The number of rotatable bonds is 6.